The summed E-state index contributed by atoms with van der Waals surface area (Å²) in [6.45, 7) is 4.84. The van der Waals surface area contributed by atoms with Crippen LogP contribution in [0.25, 0.3) is 22.8 Å². The molecule has 148 valence electrons. The molecule has 0 radical (unpaired) electrons. The molecule has 0 atom stereocenters. The zero-order chi connectivity index (χ0) is 20.2. The van der Waals surface area contributed by atoms with Crippen LogP contribution in [0.4, 0.5) is 0 Å². The Kier molecular flexibility index (Phi) is 5.48. The monoisotopic (exact) mass is 389 g/mol. The first kappa shape index (κ1) is 19.0. The maximum atomic E-state index is 5.63. The van der Waals surface area contributed by atoms with Gasteiger partial charge in [0.15, 0.2) is 0 Å². The molecule has 0 bridgehead atoms. The van der Waals surface area contributed by atoms with Crippen LogP contribution in [-0.2, 0) is 19.4 Å². The van der Waals surface area contributed by atoms with Crippen LogP contribution in [0, 0.1) is 0 Å². The molecule has 2 N–H and O–H groups in total. The van der Waals surface area contributed by atoms with Crippen LogP contribution in [0.3, 0.4) is 0 Å². The van der Waals surface area contributed by atoms with Crippen LogP contribution in [0.1, 0.15) is 42.7 Å². The van der Waals surface area contributed by atoms with Crippen LogP contribution in [0.2, 0.25) is 0 Å². The normalized spacial score (nSPS) is 11.3. The summed E-state index contributed by atoms with van der Waals surface area (Å²) in [6, 6.07) is 16.0. The van der Waals surface area contributed by atoms with Crippen LogP contribution in [-0.4, -0.2) is 20.3 Å². The predicted octanol–water partition coefficient (Wildman–Crippen LogP) is 4.15. The molecule has 0 aliphatic rings. The molecule has 29 heavy (non-hydrogen) atoms. The number of aryl methyl sites for hydroxylation is 2. The SMILES string of the molecule is CC(C)c1ccc(-c2noc(CCc3nc(-c4ccc(CN)cc4)no3)n2)cc1. The van der Waals surface area contributed by atoms with Crippen LogP contribution >= 0.6 is 0 Å². The van der Waals surface area contributed by atoms with Gasteiger partial charge in [0.25, 0.3) is 0 Å². The van der Waals surface area contributed by atoms with E-state index in [0.29, 0.717) is 48.7 Å². The first-order valence-corrected chi connectivity index (χ1v) is 9.67. The fourth-order valence-corrected chi connectivity index (χ4v) is 2.97. The van der Waals surface area contributed by atoms with Gasteiger partial charge in [0.2, 0.25) is 23.4 Å². The summed E-state index contributed by atoms with van der Waals surface area (Å²) in [7, 11) is 0. The average molecular weight is 389 g/mol. The van der Waals surface area contributed by atoms with Crippen molar-refractivity contribution in [3.05, 3.63) is 71.4 Å². The third-order valence-corrected chi connectivity index (χ3v) is 4.77. The predicted molar refractivity (Wildman–Crippen MR) is 109 cm³/mol. The van der Waals surface area contributed by atoms with Gasteiger partial charge in [-0.2, -0.15) is 9.97 Å². The molecule has 2 heterocycles. The maximum Gasteiger partial charge on any atom is 0.227 e. The van der Waals surface area contributed by atoms with Crippen molar-refractivity contribution in [2.45, 2.75) is 39.2 Å². The highest BCUT2D eigenvalue weighted by molar-refractivity contribution is 5.55. The molecule has 0 aliphatic carbocycles. The van der Waals surface area contributed by atoms with Gasteiger partial charge in [-0.15, -0.1) is 0 Å². The van der Waals surface area contributed by atoms with Gasteiger partial charge in [-0.3, -0.25) is 0 Å². The van der Waals surface area contributed by atoms with Crippen molar-refractivity contribution in [1.29, 1.82) is 0 Å². The summed E-state index contributed by atoms with van der Waals surface area (Å²) < 4.78 is 10.7. The Morgan fingerprint density at radius 3 is 1.69 bits per heavy atom. The summed E-state index contributed by atoms with van der Waals surface area (Å²) in [6.07, 6.45) is 1.06. The second-order valence-electron chi connectivity index (χ2n) is 7.20. The lowest BCUT2D eigenvalue weighted by atomic mass is 10.0. The molecule has 0 saturated heterocycles. The number of aromatic nitrogens is 4. The van der Waals surface area contributed by atoms with Crippen molar-refractivity contribution >= 4 is 0 Å². The summed E-state index contributed by atoms with van der Waals surface area (Å²) in [5, 5.41) is 8.12. The van der Waals surface area contributed by atoms with E-state index in [1.807, 2.05) is 36.4 Å². The van der Waals surface area contributed by atoms with E-state index in [4.69, 9.17) is 14.8 Å². The van der Waals surface area contributed by atoms with Crippen molar-refractivity contribution < 1.29 is 9.05 Å². The Balaban J connectivity index is 1.39. The van der Waals surface area contributed by atoms with E-state index in [2.05, 4.69) is 46.3 Å². The summed E-state index contributed by atoms with van der Waals surface area (Å²) in [4.78, 5) is 8.92. The number of nitrogens with zero attached hydrogens (tertiary/aromatic N) is 4. The lowest BCUT2D eigenvalue weighted by Gasteiger charge is -2.04. The van der Waals surface area contributed by atoms with Crippen molar-refractivity contribution in [1.82, 2.24) is 20.3 Å². The first-order chi connectivity index (χ1) is 14.1. The zero-order valence-corrected chi connectivity index (χ0v) is 16.5. The maximum absolute atomic E-state index is 5.63. The van der Waals surface area contributed by atoms with Crippen LogP contribution in [0.15, 0.2) is 57.6 Å². The van der Waals surface area contributed by atoms with Gasteiger partial charge in [-0.05, 0) is 17.0 Å². The Hall–Kier alpha value is -3.32. The molecule has 0 saturated carbocycles. The number of hydrogen-bond acceptors (Lipinski definition) is 7. The molecule has 0 fully saturated rings. The van der Waals surface area contributed by atoms with Gasteiger partial charge in [-0.25, -0.2) is 0 Å². The molecule has 4 rings (SSSR count). The fraction of sp³-hybridized carbons (Fsp3) is 0.273. The lowest BCUT2D eigenvalue weighted by molar-refractivity contribution is 0.354. The topological polar surface area (TPSA) is 104 Å². The highest BCUT2D eigenvalue weighted by Gasteiger charge is 2.13. The van der Waals surface area contributed by atoms with Gasteiger partial charge < -0.3 is 14.8 Å². The number of benzene rings is 2. The standard InChI is InChI=1S/C22H23N5O2/c1-14(2)16-7-9-18(10-8-16)22-25-20(29-27-22)12-11-19-24-21(26-28-19)17-5-3-15(13-23)4-6-17/h3-10,14H,11-13,23H2,1-2H3. The minimum Gasteiger partial charge on any atom is -0.339 e. The molecule has 0 spiro atoms. The smallest absolute Gasteiger partial charge is 0.227 e. The van der Waals surface area contributed by atoms with Gasteiger partial charge in [0, 0.05) is 30.5 Å². The summed E-state index contributed by atoms with van der Waals surface area (Å²) >= 11 is 0. The molecule has 0 aliphatic heterocycles. The molecule has 7 nitrogen and oxygen atoms in total. The van der Waals surface area contributed by atoms with Crippen molar-refractivity contribution in [2.75, 3.05) is 0 Å². The second kappa shape index (κ2) is 8.36. The number of nitrogens with two attached hydrogens (primary N) is 1. The van der Waals surface area contributed by atoms with Gasteiger partial charge in [0.05, 0.1) is 0 Å². The molecular formula is C22H23N5O2. The van der Waals surface area contributed by atoms with Crippen molar-refractivity contribution in [2.24, 2.45) is 5.73 Å². The quantitative estimate of drug-likeness (QED) is 0.506. The average Bonchev–Trinajstić information content (AvgIpc) is 3.42. The summed E-state index contributed by atoms with van der Waals surface area (Å²) in [5.41, 5.74) is 9.79. The minimum atomic E-state index is 0.489. The van der Waals surface area contributed by atoms with Crippen LogP contribution in [0.5, 0.6) is 0 Å². The largest absolute Gasteiger partial charge is 0.339 e. The van der Waals surface area contributed by atoms with Crippen molar-refractivity contribution in [3.63, 3.8) is 0 Å². The van der Waals surface area contributed by atoms with Gasteiger partial charge in [-0.1, -0.05) is 72.7 Å². The third-order valence-electron chi connectivity index (χ3n) is 4.77. The van der Waals surface area contributed by atoms with Crippen molar-refractivity contribution in [3.8, 4) is 22.8 Å². The highest BCUT2D eigenvalue weighted by Crippen LogP contribution is 2.21. The highest BCUT2D eigenvalue weighted by atomic mass is 16.5. The molecule has 2 aromatic heterocycles. The van der Waals surface area contributed by atoms with E-state index in [1.54, 1.807) is 0 Å². The number of hydrogen-bond donors (Lipinski definition) is 1. The summed E-state index contributed by atoms with van der Waals surface area (Å²) in [5.74, 6) is 2.70. The molecule has 0 unspecified atom stereocenters. The lowest BCUT2D eigenvalue weighted by Crippen LogP contribution is -1.95. The van der Waals surface area contributed by atoms with E-state index in [9.17, 15) is 0 Å². The third kappa shape index (κ3) is 4.41. The van der Waals surface area contributed by atoms with E-state index in [0.717, 1.165) is 16.7 Å². The minimum absolute atomic E-state index is 0.489. The molecule has 2 aromatic carbocycles. The van der Waals surface area contributed by atoms with Gasteiger partial charge in [0.1, 0.15) is 0 Å². The van der Waals surface area contributed by atoms with E-state index < -0.39 is 0 Å². The van der Waals surface area contributed by atoms with E-state index >= 15 is 0 Å². The van der Waals surface area contributed by atoms with E-state index in [1.165, 1.54) is 5.56 Å². The Bertz CT molecular complexity index is 1070. The number of rotatable bonds is 7. The fourth-order valence-electron chi connectivity index (χ4n) is 2.97. The zero-order valence-electron chi connectivity index (χ0n) is 16.5. The van der Waals surface area contributed by atoms with Crippen LogP contribution < -0.4 is 5.73 Å². The first-order valence-electron chi connectivity index (χ1n) is 9.67. The Labute approximate surface area is 169 Å². The molecule has 0 amide bonds. The molecule has 7 heteroatoms. The second-order valence-corrected chi connectivity index (χ2v) is 7.20. The Morgan fingerprint density at radius 2 is 1.24 bits per heavy atom. The molecule has 4 aromatic rings. The van der Waals surface area contributed by atoms with E-state index in [-0.39, 0.29) is 0 Å². The Morgan fingerprint density at radius 1 is 0.759 bits per heavy atom. The molecular weight excluding hydrogens is 366 g/mol. The van der Waals surface area contributed by atoms with Gasteiger partial charge >= 0.3 is 0 Å².